The van der Waals surface area contributed by atoms with Gasteiger partial charge < -0.3 is 24.3 Å². The predicted octanol–water partition coefficient (Wildman–Crippen LogP) is 1.03. The van der Waals surface area contributed by atoms with E-state index in [1.165, 1.54) is 0 Å². The highest BCUT2D eigenvalue weighted by molar-refractivity contribution is 14.0. The molecule has 0 bridgehead atoms. The maximum Gasteiger partial charge on any atom is 0.194 e. The third-order valence-electron chi connectivity index (χ3n) is 4.82. The first kappa shape index (κ1) is 23.5. The molecule has 1 N–H and O–H groups in total. The highest BCUT2D eigenvalue weighted by Crippen LogP contribution is 2.21. The second-order valence-electron chi connectivity index (χ2n) is 6.89. The van der Waals surface area contributed by atoms with E-state index in [1.54, 1.807) is 11.8 Å². The molecule has 2 aromatic heterocycles. The van der Waals surface area contributed by atoms with Crippen molar-refractivity contribution in [1.29, 1.82) is 0 Å². The van der Waals surface area contributed by atoms with Crippen LogP contribution in [0.3, 0.4) is 0 Å². The van der Waals surface area contributed by atoms with Gasteiger partial charge in [0.25, 0.3) is 0 Å². The lowest BCUT2D eigenvalue weighted by Gasteiger charge is -2.35. The fraction of sp³-hybridized carbons (Fsp3) is 0.667. The number of aliphatic imine (C=N–C) groups is 1. The average molecular weight is 518 g/mol. The van der Waals surface area contributed by atoms with Crippen LogP contribution in [0.15, 0.2) is 17.4 Å². The van der Waals surface area contributed by atoms with E-state index in [0.717, 1.165) is 49.2 Å². The second kappa shape index (κ2) is 11.5. The minimum Gasteiger partial charge on any atom is -0.385 e. The van der Waals surface area contributed by atoms with Gasteiger partial charge in [0.15, 0.2) is 11.8 Å². The van der Waals surface area contributed by atoms with Crippen LogP contribution in [0.4, 0.5) is 0 Å². The fourth-order valence-corrected chi connectivity index (χ4v) is 3.07. The van der Waals surface area contributed by atoms with E-state index in [2.05, 4.69) is 25.5 Å². The van der Waals surface area contributed by atoms with Gasteiger partial charge in [-0.05, 0) is 13.3 Å². The number of rotatable bonds is 7. The van der Waals surface area contributed by atoms with E-state index in [4.69, 9.17) is 14.5 Å². The quantitative estimate of drug-likeness (QED) is 0.253. The molecule has 0 amide bonds. The number of hydrogen-bond acceptors (Lipinski definition) is 6. The molecular formula is C18H31IN8O2. The van der Waals surface area contributed by atoms with E-state index in [0.29, 0.717) is 19.8 Å². The molecule has 29 heavy (non-hydrogen) atoms. The maximum absolute atomic E-state index is 5.96. The Bertz CT molecular complexity index is 791. The standard InChI is InChI=1S/C18H30N8O2.HI/c1-14-22-23-17(25(14)3)11-20-18(19-6-5-8-27-4)26-7-9-28-16(13-26)15-10-21-24(2)12-15;/h10,12,16H,5-9,11,13H2,1-4H3,(H,19,20);1H. The molecule has 1 saturated heterocycles. The zero-order valence-electron chi connectivity index (χ0n) is 17.5. The lowest BCUT2D eigenvalue weighted by Crippen LogP contribution is -2.48. The van der Waals surface area contributed by atoms with Crippen LogP contribution in [0, 0.1) is 6.92 Å². The second-order valence-corrected chi connectivity index (χ2v) is 6.89. The third kappa shape index (κ3) is 6.37. The summed E-state index contributed by atoms with van der Waals surface area (Å²) in [7, 11) is 5.59. The van der Waals surface area contributed by atoms with Crippen molar-refractivity contribution in [2.24, 2.45) is 19.1 Å². The van der Waals surface area contributed by atoms with Crippen LogP contribution in [0.1, 0.15) is 29.7 Å². The molecule has 3 heterocycles. The van der Waals surface area contributed by atoms with Crippen LogP contribution in [-0.2, 0) is 30.1 Å². The molecule has 1 aliphatic rings. The first-order valence-corrected chi connectivity index (χ1v) is 9.55. The van der Waals surface area contributed by atoms with Gasteiger partial charge in [0.05, 0.1) is 19.3 Å². The summed E-state index contributed by atoms with van der Waals surface area (Å²) in [4.78, 5) is 7.05. The summed E-state index contributed by atoms with van der Waals surface area (Å²) in [6.07, 6.45) is 4.75. The summed E-state index contributed by atoms with van der Waals surface area (Å²) in [5.41, 5.74) is 1.08. The van der Waals surface area contributed by atoms with E-state index < -0.39 is 0 Å². The minimum absolute atomic E-state index is 0. The van der Waals surface area contributed by atoms with Crippen molar-refractivity contribution in [3.63, 3.8) is 0 Å². The number of aromatic nitrogens is 5. The van der Waals surface area contributed by atoms with Crippen molar-refractivity contribution in [1.82, 2.24) is 34.8 Å². The largest absolute Gasteiger partial charge is 0.385 e. The Kier molecular flexibility index (Phi) is 9.30. The van der Waals surface area contributed by atoms with Crippen LogP contribution < -0.4 is 5.32 Å². The van der Waals surface area contributed by atoms with Crippen LogP contribution in [0.25, 0.3) is 0 Å². The summed E-state index contributed by atoms with van der Waals surface area (Å²) < 4.78 is 14.9. The average Bonchev–Trinajstić information content (AvgIpc) is 3.28. The van der Waals surface area contributed by atoms with Gasteiger partial charge in [0, 0.05) is 52.7 Å². The van der Waals surface area contributed by atoms with Crippen LogP contribution in [-0.4, -0.2) is 75.4 Å². The molecule has 10 nitrogen and oxygen atoms in total. The number of morpholine rings is 1. The van der Waals surface area contributed by atoms with E-state index in [1.807, 2.05) is 38.0 Å². The Balaban J connectivity index is 0.00000300. The summed E-state index contributed by atoms with van der Waals surface area (Å²) >= 11 is 0. The first-order chi connectivity index (χ1) is 13.6. The Morgan fingerprint density at radius 1 is 1.38 bits per heavy atom. The van der Waals surface area contributed by atoms with Gasteiger partial charge in [-0.15, -0.1) is 34.2 Å². The number of halogens is 1. The number of nitrogens with one attached hydrogen (secondary N) is 1. The van der Waals surface area contributed by atoms with Crippen molar-refractivity contribution in [2.75, 3.05) is 40.0 Å². The number of hydrogen-bond donors (Lipinski definition) is 1. The number of ether oxygens (including phenoxy) is 2. The molecule has 1 unspecified atom stereocenters. The zero-order valence-corrected chi connectivity index (χ0v) is 19.9. The van der Waals surface area contributed by atoms with Crippen LogP contribution in [0.2, 0.25) is 0 Å². The molecule has 2 aromatic rings. The van der Waals surface area contributed by atoms with Gasteiger partial charge in [0.1, 0.15) is 18.5 Å². The zero-order chi connectivity index (χ0) is 19.9. The smallest absolute Gasteiger partial charge is 0.194 e. The van der Waals surface area contributed by atoms with E-state index >= 15 is 0 Å². The molecule has 0 aromatic carbocycles. The maximum atomic E-state index is 5.96. The van der Waals surface area contributed by atoms with Crippen molar-refractivity contribution in [3.05, 3.63) is 29.6 Å². The molecule has 162 valence electrons. The lowest BCUT2D eigenvalue weighted by atomic mass is 10.1. The van der Waals surface area contributed by atoms with Gasteiger partial charge in [-0.1, -0.05) is 0 Å². The number of aryl methyl sites for hydroxylation is 2. The molecule has 0 spiro atoms. The van der Waals surface area contributed by atoms with Crippen molar-refractivity contribution in [2.45, 2.75) is 26.0 Å². The van der Waals surface area contributed by atoms with Gasteiger partial charge in [-0.25, -0.2) is 4.99 Å². The predicted molar refractivity (Wildman–Crippen MR) is 120 cm³/mol. The molecular weight excluding hydrogens is 487 g/mol. The van der Waals surface area contributed by atoms with Crippen molar-refractivity contribution in [3.8, 4) is 0 Å². The molecule has 3 rings (SSSR count). The summed E-state index contributed by atoms with van der Waals surface area (Å²) in [5.74, 6) is 2.57. The molecule has 11 heteroatoms. The third-order valence-corrected chi connectivity index (χ3v) is 4.82. The number of guanidine groups is 1. The minimum atomic E-state index is -0.0227. The Morgan fingerprint density at radius 3 is 2.86 bits per heavy atom. The monoisotopic (exact) mass is 518 g/mol. The molecule has 0 saturated carbocycles. The Hall–Kier alpha value is -1.73. The van der Waals surface area contributed by atoms with E-state index in [-0.39, 0.29) is 30.1 Å². The highest BCUT2D eigenvalue weighted by Gasteiger charge is 2.25. The number of methoxy groups -OCH3 is 1. The first-order valence-electron chi connectivity index (χ1n) is 9.55. The lowest BCUT2D eigenvalue weighted by molar-refractivity contribution is -0.00811. The van der Waals surface area contributed by atoms with E-state index in [9.17, 15) is 0 Å². The molecule has 1 fully saturated rings. The van der Waals surface area contributed by atoms with Crippen LogP contribution in [0.5, 0.6) is 0 Å². The highest BCUT2D eigenvalue weighted by atomic mass is 127. The Morgan fingerprint density at radius 2 is 2.21 bits per heavy atom. The summed E-state index contributed by atoms with van der Waals surface area (Å²) in [6, 6.07) is 0. The van der Waals surface area contributed by atoms with Crippen molar-refractivity contribution < 1.29 is 9.47 Å². The molecule has 1 aliphatic heterocycles. The topological polar surface area (TPSA) is 94.6 Å². The molecule has 0 aliphatic carbocycles. The van der Waals surface area contributed by atoms with Gasteiger partial charge in [-0.2, -0.15) is 5.10 Å². The van der Waals surface area contributed by atoms with Gasteiger partial charge >= 0.3 is 0 Å². The molecule has 0 radical (unpaired) electrons. The van der Waals surface area contributed by atoms with Gasteiger partial charge in [-0.3, -0.25) is 4.68 Å². The van der Waals surface area contributed by atoms with Crippen molar-refractivity contribution >= 4 is 29.9 Å². The summed E-state index contributed by atoms with van der Waals surface area (Å²) in [6.45, 7) is 6.05. The summed E-state index contributed by atoms with van der Waals surface area (Å²) in [5, 5.41) is 16.0. The fourth-order valence-electron chi connectivity index (χ4n) is 3.07. The normalized spacial score (nSPS) is 17.3. The molecule has 1 atom stereocenters. The SMILES string of the molecule is COCCCNC(=NCc1nnc(C)n1C)N1CCOC(c2cnn(C)c2)C1.I. The number of nitrogens with zero attached hydrogens (tertiary/aromatic N) is 7. The van der Waals surface area contributed by atoms with Gasteiger partial charge in [0.2, 0.25) is 0 Å². The Labute approximate surface area is 188 Å². The van der Waals surface area contributed by atoms with Crippen LogP contribution >= 0.6 is 24.0 Å².